The van der Waals surface area contributed by atoms with Gasteiger partial charge in [0.1, 0.15) is 17.3 Å². The number of nitrogens with zero attached hydrogens (tertiary/aromatic N) is 2. The number of hydrogen-bond acceptors (Lipinski definition) is 2. The fourth-order valence-electron chi connectivity index (χ4n) is 2.95. The van der Waals surface area contributed by atoms with Gasteiger partial charge in [0.15, 0.2) is 0 Å². The van der Waals surface area contributed by atoms with E-state index in [4.69, 9.17) is 0 Å². The van der Waals surface area contributed by atoms with Crippen LogP contribution in [0, 0.1) is 12.7 Å². The number of aliphatic imine (C=N–C) groups is 1. The number of aryl methyl sites for hydroxylation is 1. The monoisotopic (exact) mass is 356 g/mol. The summed E-state index contributed by atoms with van der Waals surface area (Å²) in [5.41, 5.74) is 3.80. The van der Waals surface area contributed by atoms with Crippen molar-refractivity contribution in [3.63, 3.8) is 0 Å². The first-order chi connectivity index (χ1) is 13.1. The summed E-state index contributed by atoms with van der Waals surface area (Å²) < 4.78 is 13.3. The average Bonchev–Trinajstić information content (AvgIpc) is 3.01. The molecule has 0 fully saturated rings. The molecule has 1 aliphatic rings. The van der Waals surface area contributed by atoms with Crippen LogP contribution in [0.2, 0.25) is 0 Å². The molecule has 132 valence electrons. The predicted octanol–water partition coefficient (Wildman–Crippen LogP) is 4.97. The third-order valence-electron chi connectivity index (χ3n) is 4.36. The number of hydrogen-bond donors (Lipinski definition) is 0. The Kier molecular flexibility index (Phi) is 4.38. The van der Waals surface area contributed by atoms with Gasteiger partial charge in [-0.25, -0.2) is 9.38 Å². The lowest BCUT2D eigenvalue weighted by Gasteiger charge is -2.18. The molecule has 0 N–H and O–H groups in total. The molecule has 0 aliphatic carbocycles. The van der Waals surface area contributed by atoms with Gasteiger partial charge in [0.05, 0.1) is 5.69 Å². The van der Waals surface area contributed by atoms with Crippen LogP contribution in [0.3, 0.4) is 0 Å². The van der Waals surface area contributed by atoms with E-state index in [1.54, 1.807) is 18.2 Å². The van der Waals surface area contributed by atoms with E-state index in [9.17, 15) is 9.18 Å². The first-order valence-corrected chi connectivity index (χ1v) is 8.64. The highest BCUT2D eigenvalue weighted by atomic mass is 19.1. The molecule has 3 nitrogen and oxygen atoms in total. The molecule has 4 rings (SSSR count). The maximum atomic E-state index is 13.3. The Morgan fingerprint density at radius 2 is 1.56 bits per heavy atom. The largest absolute Gasteiger partial charge is 0.282 e. The molecule has 0 bridgehead atoms. The van der Waals surface area contributed by atoms with Crippen LogP contribution in [0.5, 0.6) is 0 Å². The molecule has 0 spiro atoms. The van der Waals surface area contributed by atoms with E-state index in [-0.39, 0.29) is 11.7 Å². The Morgan fingerprint density at radius 1 is 0.889 bits per heavy atom. The molecule has 1 aliphatic heterocycles. The van der Waals surface area contributed by atoms with E-state index in [1.165, 1.54) is 17.0 Å². The topological polar surface area (TPSA) is 32.7 Å². The van der Waals surface area contributed by atoms with Crippen molar-refractivity contribution in [3.05, 3.63) is 107 Å². The fourth-order valence-corrected chi connectivity index (χ4v) is 2.95. The molecule has 1 amide bonds. The molecule has 3 aromatic rings. The second-order valence-corrected chi connectivity index (χ2v) is 6.36. The van der Waals surface area contributed by atoms with E-state index in [2.05, 4.69) is 4.99 Å². The molecule has 0 atom stereocenters. The van der Waals surface area contributed by atoms with Crippen LogP contribution in [-0.2, 0) is 4.79 Å². The van der Waals surface area contributed by atoms with Crippen LogP contribution >= 0.6 is 0 Å². The summed E-state index contributed by atoms with van der Waals surface area (Å²) in [5.74, 6) is -0.0503. The van der Waals surface area contributed by atoms with Crippen molar-refractivity contribution >= 4 is 23.5 Å². The highest BCUT2D eigenvalue weighted by Crippen LogP contribution is 2.28. The minimum atomic E-state index is -0.348. The van der Waals surface area contributed by atoms with Crippen molar-refractivity contribution in [3.8, 4) is 0 Å². The number of rotatable bonds is 3. The quantitative estimate of drug-likeness (QED) is 0.610. The van der Waals surface area contributed by atoms with Gasteiger partial charge < -0.3 is 0 Å². The van der Waals surface area contributed by atoms with E-state index in [0.29, 0.717) is 17.2 Å². The molecule has 0 saturated carbocycles. The van der Waals surface area contributed by atoms with Crippen molar-refractivity contribution in [2.45, 2.75) is 6.92 Å². The summed E-state index contributed by atoms with van der Waals surface area (Å²) in [6.45, 7) is 2.01. The SMILES string of the molecule is Cc1ccc(/C=C2/N=C(c3ccccc3)N(c3ccc(F)cc3)C2=O)cc1. The molecule has 0 radical (unpaired) electrons. The Hall–Kier alpha value is -3.53. The van der Waals surface area contributed by atoms with Gasteiger partial charge in [-0.2, -0.15) is 0 Å². The zero-order chi connectivity index (χ0) is 18.8. The highest BCUT2D eigenvalue weighted by Gasteiger charge is 2.32. The smallest absolute Gasteiger partial charge is 0.266 e. The van der Waals surface area contributed by atoms with Gasteiger partial charge in [0, 0.05) is 5.56 Å². The van der Waals surface area contributed by atoms with Crippen molar-refractivity contribution < 1.29 is 9.18 Å². The lowest BCUT2D eigenvalue weighted by atomic mass is 10.1. The number of carbonyl (C=O) groups excluding carboxylic acids is 1. The first-order valence-electron chi connectivity index (χ1n) is 8.64. The van der Waals surface area contributed by atoms with Crippen molar-refractivity contribution in [2.24, 2.45) is 4.99 Å². The number of halogens is 1. The van der Waals surface area contributed by atoms with Gasteiger partial charge in [-0.15, -0.1) is 0 Å². The van der Waals surface area contributed by atoms with Crippen LogP contribution < -0.4 is 4.90 Å². The molecular weight excluding hydrogens is 339 g/mol. The Morgan fingerprint density at radius 3 is 2.22 bits per heavy atom. The lowest BCUT2D eigenvalue weighted by molar-refractivity contribution is -0.113. The Balaban J connectivity index is 1.80. The minimum Gasteiger partial charge on any atom is -0.266 e. The number of benzene rings is 3. The van der Waals surface area contributed by atoms with Crippen LogP contribution in [0.1, 0.15) is 16.7 Å². The van der Waals surface area contributed by atoms with Gasteiger partial charge in [0.25, 0.3) is 5.91 Å². The van der Waals surface area contributed by atoms with Crippen molar-refractivity contribution in [1.82, 2.24) is 0 Å². The summed E-state index contributed by atoms with van der Waals surface area (Å²) in [4.78, 5) is 19.2. The van der Waals surface area contributed by atoms with Crippen LogP contribution in [-0.4, -0.2) is 11.7 Å². The van der Waals surface area contributed by atoms with Gasteiger partial charge >= 0.3 is 0 Å². The summed E-state index contributed by atoms with van der Waals surface area (Å²) >= 11 is 0. The number of carbonyl (C=O) groups is 1. The Bertz CT molecular complexity index is 1040. The zero-order valence-corrected chi connectivity index (χ0v) is 14.8. The molecule has 3 aromatic carbocycles. The maximum absolute atomic E-state index is 13.3. The lowest BCUT2D eigenvalue weighted by Crippen LogP contribution is -2.32. The van der Waals surface area contributed by atoms with Crippen molar-refractivity contribution in [1.29, 1.82) is 0 Å². The van der Waals surface area contributed by atoms with Crippen LogP contribution in [0.4, 0.5) is 10.1 Å². The second-order valence-electron chi connectivity index (χ2n) is 6.36. The van der Waals surface area contributed by atoms with E-state index in [0.717, 1.165) is 16.7 Å². The molecule has 0 saturated heterocycles. The zero-order valence-electron chi connectivity index (χ0n) is 14.8. The maximum Gasteiger partial charge on any atom is 0.282 e. The van der Waals surface area contributed by atoms with E-state index < -0.39 is 0 Å². The molecular formula is C23H17FN2O. The fraction of sp³-hybridized carbons (Fsp3) is 0.0435. The molecule has 0 unspecified atom stereocenters. The second kappa shape index (κ2) is 7.00. The van der Waals surface area contributed by atoms with E-state index in [1.807, 2.05) is 61.5 Å². The first kappa shape index (κ1) is 16.9. The standard InChI is InChI=1S/C23H17FN2O/c1-16-7-9-17(10-8-16)15-21-23(27)26(20-13-11-19(24)12-14-20)22(25-21)18-5-3-2-4-6-18/h2-15H,1H3/b21-15+. The molecule has 4 heteroatoms. The van der Waals surface area contributed by atoms with Gasteiger partial charge in [0.2, 0.25) is 0 Å². The van der Waals surface area contributed by atoms with Gasteiger partial charge in [-0.05, 0) is 42.8 Å². The van der Waals surface area contributed by atoms with Crippen molar-refractivity contribution in [2.75, 3.05) is 4.90 Å². The van der Waals surface area contributed by atoms with E-state index >= 15 is 0 Å². The number of amidine groups is 1. The molecule has 27 heavy (non-hydrogen) atoms. The van der Waals surface area contributed by atoms with Crippen LogP contribution in [0.15, 0.2) is 89.6 Å². The summed E-state index contributed by atoms with van der Waals surface area (Å²) in [6, 6.07) is 23.2. The van der Waals surface area contributed by atoms with Crippen LogP contribution in [0.25, 0.3) is 6.08 Å². The minimum absolute atomic E-state index is 0.235. The predicted molar refractivity (Wildman–Crippen MR) is 106 cm³/mol. The Labute approximate surface area is 157 Å². The number of amides is 1. The average molecular weight is 356 g/mol. The third-order valence-corrected chi connectivity index (χ3v) is 4.36. The normalized spacial score (nSPS) is 15.3. The highest BCUT2D eigenvalue weighted by molar-refractivity contribution is 6.33. The number of anilines is 1. The summed E-state index contributed by atoms with van der Waals surface area (Å²) in [5, 5.41) is 0. The summed E-state index contributed by atoms with van der Waals surface area (Å²) in [7, 11) is 0. The third kappa shape index (κ3) is 3.42. The summed E-state index contributed by atoms with van der Waals surface area (Å²) in [6.07, 6.45) is 1.77. The van der Waals surface area contributed by atoms with Gasteiger partial charge in [-0.3, -0.25) is 9.69 Å². The molecule has 1 heterocycles. The van der Waals surface area contributed by atoms with Gasteiger partial charge in [-0.1, -0.05) is 60.2 Å². The molecule has 0 aromatic heterocycles.